The van der Waals surface area contributed by atoms with Crippen molar-refractivity contribution < 1.29 is 9.72 Å². The lowest BCUT2D eigenvalue weighted by Gasteiger charge is -2.11. The third-order valence-corrected chi connectivity index (χ3v) is 3.29. The first-order chi connectivity index (χ1) is 8.54. The molecule has 0 radical (unpaired) electrons. The smallest absolute Gasteiger partial charge is 0.269 e. The second-order valence-electron chi connectivity index (χ2n) is 3.59. The number of nitro benzene ring substituents is 1. The van der Waals surface area contributed by atoms with Gasteiger partial charge < -0.3 is 11.1 Å². The summed E-state index contributed by atoms with van der Waals surface area (Å²) in [5.41, 5.74) is 5.33. The zero-order chi connectivity index (χ0) is 13.5. The van der Waals surface area contributed by atoms with E-state index in [2.05, 4.69) is 5.32 Å². The van der Waals surface area contributed by atoms with Crippen LogP contribution >= 0.6 is 24.2 Å². The largest absolute Gasteiger partial charge is 0.354 e. The van der Waals surface area contributed by atoms with Crippen LogP contribution in [0.3, 0.4) is 0 Å². The first kappa shape index (κ1) is 17.7. The van der Waals surface area contributed by atoms with Crippen LogP contribution in [0.2, 0.25) is 0 Å². The Labute approximate surface area is 121 Å². The number of carbonyl (C=O) groups excluding carboxylic acids is 1. The van der Waals surface area contributed by atoms with Gasteiger partial charge in [0.2, 0.25) is 5.91 Å². The highest BCUT2D eigenvalue weighted by atomic mass is 35.5. The maximum atomic E-state index is 11.6. The van der Waals surface area contributed by atoms with E-state index < -0.39 is 4.92 Å². The first-order valence-electron chi connectivity index (χ1n) is 5.43. The molecule has 19 heavy (non-hydrogen) atoms. The van der Waals surface area contributed by atoms with Gasteiger partial charge >= 0.3 is 0 Å². The third kappa shape index (κ3) is 5.91. The van der Waals surface area contributed by atoms with Gasteiger partial charge in [-0.3, -0.25) is 14.9 Å². The Morgan fingerprint density at radius 3 is 2.53 bits per heavy atom. The molecular formula is C11H16ClN3O3S. The van der Waals surface area contributed by atoms with E-state index in [-0.39, 0.29) is 29.3 Å². The molecule has 1 atom stereocenters. The van der Waals surface area contributed by atoms with Gasteiger partial charge in [0.1, 0.15) is 0 Å². The molecule has 1 unspecified atom stereocenters. The highest BCUT2D eigenvalue weighted by Gasteiger charge is 2.14. The van der Waals surface area contributed by atoms with Crippen LogP contribution in [-0.2, 0) is 4.79 Å². The van der Waals surface area contributed by atoms with Crippen LogP contribution in [0.15, 0.2) is 29.2 Å². The summed E-state index contributed by atoms with van der Waals surface area (Å²) in [6.07, 6.45) is 0. The van der Waals surface area contributed by atoms with Crippen LogP contribution in [0.4, 0.5) is 5.69 Å². The number of nitrogens with two attached hydrogens (primary N) is 1. The lowest BCUT2D eigenvalue weighted by molar-refractivity contribution is -0.384. The maximum Gasteiger partial charge on any atom is 0.269 e. The van der Waals surface area contributed by atoms with Crippen molar-refractivity contribution in [3.63, 3.8) is 0 Å². The van der Waals surface area contributed by atoms with E-state index in [1.54, 1.807) is 19.1 Å². The van der Waals surface area contributed by atoms with E-state index in [1.807, 2.05) is 0 Å². The molecule has 0 saturated heterocycles. The van der Waals surface area contributed by atoms with Crippen molar-refractivity contribution in [1.82, 2.24) is 5.32 Å². The quantitative estimate of drug-likeness (QED) is 0.472. The molecule has 0 saturated carbocycles. The van der Waals surface area contributed by atoms with E-state index in [1.165, 1.54) is 23.9 Å². The zero-order valence-corrected chi connectivity index (χ0v) is 12.0. The SMILES string of the molecule is CC(Sc1ccc([N+](=O)[O-])cc1)C(=O)NCCN.Cl. The number of rotatable bonds is 6. The molecule has 0 heterocycles. The molecule has 0 bridgehead atoms. The predicted molar refractivity (Wildman–Crippen MR) is 77.7 cm³/mol. The summed E-state index contributed by atoms with van der Waals surface area (Å²) >= 11 is 1.35. The van der Waals surface area contributed by atoms with Gasteiger partial charge in [-0.05, 0) is 19.1 Å². The molecule has 0 spiro atoms. The van der Waals surface area contributed by atoms with Crippen molar-refractivity contribution in [2.45, 2.75) is 17.1 Å². The molecule has 1 amide bonds. The molecule has 6 nitrogen and oxygen atoms in total. The topological polar surface area (TPSA) is 98.3 Å². The summed E-state index contributed by atoms with van der Waals surface area (Å²) < 4.78 is 0. The van der Waals surface area contributed by atoms with Gasteiger partial charge in [-0.25, -0.2) is 0 Å². The number of hydrogen-bond acceptors (Lipinski definition) is 5. The van der Waals surface area contributed by atoms with Gasteiger partial charge in [0.25, 0.3) is 5.69 Å². The standard InChI is InChI=1S/C11H15N3O3S.ClH/c1-8(11(15)13-7-6-12)18-10-4-2-9(3-5-10)14(16)17;/h2-5,8H,6-7,12H2,1H3,(H,13,15);1H. The van der Waals surface area contributed by atoms with Crippen LogP contribution in [0.25, 0.3) is 0 Å². The fourth-order valence-electron chi connectivity index (χ4n) is 1.24. The van der Waals surface area contributed by atoms with Crippen molar-refractivity contribution in [3.8, 4) is 0 Å². The second kappa shape index (κ2) is 8.73. The number of nitrogens with one attached hydrogen (secondary N) is 1. The van der Waals surface area contributed by atoms with Crippen LogP contribution in [0.5, 0.6) is 0 Å². The summed E-state index contributed by atoms with van der Waals surface area (Å²) in [6, 6.07) is 6.12. The zero-order valence-electron chi connectivity index (χ0n) is 10.4. The van der Waals surface area contributed by atoms with Crippen molar-refractivity contribution in [1.29, 1.82) is 0 Å². The predicted octanol–water partition coefficient (Wildman–Crippen LogP) is 1.57. The molecule has 8 heteroatoms. The van der Waals surface area contributed by atoms with Crippen molar-refractivity contribution >= 4 is 35.8 Å². The Bertz CT molecular complexity index is 428. The monoisotopic (exact) mass is 305 g/mol. The van der Waals surface area contributed by atoms with Gasteiger partial charge in [-0.1, -0.05) is 0 Å². The van der Waals surface area contributed by atoms with Crippen LogP contribution < -0.4 is 11.1 Å². The minimum absolute atomic E-state index is 0. The molecule has 1 rings (SSSR count). The first-order valence-corrected chi connectivity index (χ1v) is 6.31. The molecule has 1 aromatic rings. The molecule has 3 N–H and O–H groups in total. The maximum absolute atomic E-state index is 11.6. The number of non-ortho nitro benzene ring substituents is 1. The number of halogens is 1. The number of carbonyl (C=O) groups is 1. The van der Waals surface area contributed by atoms with Crippen LogP contribution in [0.1, 0.15) is 6.92 Å². The van der Waals surface area contributed by atoms with Crippen molar-refractivity contribution in [2.75, 3.05) is 13.1 Å². The van der Waals surface area contributed by atoms with Gasteiger partial charge in [-0.15, -0.1) is 24.2 Å². The second-order valence-corrected chi connectivity index (χ2v) is 5.01. The Balaban J connectivity index is 0.00000324. The molecule has 0 aliphatic heterocycles. The van der Waals surface area contributed by atoms with Gasteiger partial charge in [0, 0.05) is 30.1 Å². The Hall–Kier alpha value is -1.31. The van der Waals surface area contributed by atoms with E-state index in [0.29, 0.717) is 13.1 Å². The number of amides is 1. The number of nitrogens with zero attached hydrogens (tertiary/aromatic N) is 1. The van der Waals surface area contributed by atoms with Crippen molar-refractivity contribution in [2.24, 2.45) is 5.73 Å². The lowest BCUT2D eigenvalue weighted by Crippen LogP contribution is -2.34. The molecule has 106 valence electrons. The van der Waals surface area contributed by atoms with E-state index in [9.17, 15) is 14.9 Å². The lowest BCUT2D eigenvalue weighted by atomic mass is 10.3. The average Bonchev–Trinajstić information content (AvgIpc) is 2.36. The molecule has 0 aliphatic carbocycles. The summed E-state index contributed by atoms with van der Waals surface area (Å²) in [6.45, 7) is 2.63. The molecule has 0 aliphatic rings. The number of thioether (sulfide) groups is 1. The molecule has 1 aromatic carbocycles. The minimum Gasteiger partial charge on any atom is -0.354 e. The highest BCUT2D eigenvalue weighted by molar-refractivity contribution is 8.00. The number of hydrogen-bond donors (Lipinski definition) is 2. The Morgan fingerprint density at radius 2 is 2.05 bits per heavy atom. The van der Waals surface area contributed by atoms with E-state index >= 15 is 0 Å². The fourth-order valence-corrected chi connectivity index (χ4v) is 2.13. The summed E-state index contributed by atoms with van der Waals surface area (Å²) in [4.78, 5) is 22.4. The number of benzene rings is 1. The summed E-state index contributed by atoms with van der Waals surface area (Å²) in [7, 11) is 0. The highest BCUT2D eigenvalue weighted by Crippen LogP contribution is 2.25. The fraction of sp³-hybridized carbons (Fsp3) is 0.364. The average molecular weight is 306 g/mol. The Kier molecular flexibility index (Phi) is 8.13. The van der Waals surface area contributed by atoms with E-state index in [4.69, 9.17) is 5.73 Å². The van der Waals surface area contributed by atoms with Gasteiger partial charge in [0.05, 0.1) is 10.2 Å². The van der Waals surface area contributed by atoms with Crippen LogP contribution in [0, 0.1) is 10.1 Å². The summed E-state index contributed by atoms with van der Waals surface area (Å²) in [5.74, 6) is -0.0937. The minimum atomic E-state index is -0.453. The van der Waals surface area contributed by atoms with Gasteiger partial charge in [0.15, 0.2) is 0 Å². The molecule has 0 aromatic heterocycles. The van der Waals surface area contributed by atoms with Crippen molar-refractivity contribution in [3.05, 3.63) is 34.4 Å². The van der Waals surface area contributed by atoms with Gasteiger partial charge in [-0.2, -0.15) is 0 Å². The normalized spacial score (nSPS) is 11.3. The Morgan fingerprint density at radius 1 is 1.47 bits per heavy atom. The number of nitro groups is 1. The van der Waals surface area contributed by atoms with E-state index in [0.717, 1.165) is 4.90 Å². The molecular weight excluding hydrogens is 290 g/mol. The van der Waals surface area contributed by atoms with Crippen LogP contribution in [-0.4, -0.2) is 29.2 Å². The summed E-state index contributed by atoms with van der Waals surface area (Å²) in [5, 5.41) is 12.9. The third-order valence-electron chi connectivity index (χ3n) is 2.17. The molecule has 0 fully saturated rings.